The number of carbonyl (C=O) groups excluding carboxylic acids is 3. The molecule has 1 atom stereocenters. The highest BCUT2D eigenvalue weighted by Gasteiger charge is 2.36. The number of ether oxygens (including phenoxy) is 1. The van der Waals surface area contributed by atoms with Gasteiger partial charge in [0.1, 0.15) is 23.4 Å². The van der Waals surface area contributed by atoms with Gasteiger partial charge in [-0.05, 0) is 50.5 Å². The molecule has 4 aromatic rings. The van der Waals surface area contributed by atoms with Crippen LogP contribution in [0.4, 0.5) is 8.78 Å². The van der Waals surface area contributed by atoms with Gasteiger partial charge in [0.25, 0.3) is 5.91 Å². The van der Waals surface area contributed by atoms with Gasteiger partial charge in [-0.25, -0.2) is 9.07 Å². The molecule has 1 aromatic carbocycles. The monoisotopic (exact) mass is 587 g/mol. The summed E-state index contributed by atoms with van der Waals surface area (Å²) in [5.74, 6) is -3.27. The molecule has 2 N–H and O–H groups in total. The number of rotatable bonds is 8. The van der Waals surface area contributed by atoms with Crippen molar-refractivity contribution in [3.05, 3.63) is 76.7 Å². The van der Waals surface area contributed by atoms with E-state index in [4.69, 9.17) is 15.7 Å². The van der Waals surface area contributed by atoms with E-state index < -0.39 is 35.3 Å². The van der Waals surface area contributed by atoms with Crippen molar-refractivity contribution in [3.63, 3.8) is 0 Å². The predicted molar refractivity (Wildman–Crippen MR) is 149 cm³/mol. The topological polar surface area (TPSA) is 157 Å². The second-order valence-corrected chi connectivity index (χ2v) is 11.2. The fraction of sp³-hybridized carbons (Fsp3) is 0.300. The quantitative estimate of drug-likeness (QED) is 0.242. The number of nitrogens with zero attached hydrogens (tertiary/aromatic N) is 6. The van der Waals surface area contributed by atoms with Crippen LogP contribution in [0.3, 0.4) is 0 Å². The smallest absolute Gasteiger partial charge is 0.306 e. The number of primary amides is 1. The number of nitriles is 1. The highest BCUT2D eigenvalue weighted by molar-refractivity contribution is 6.01. The fourth-order valence-electron chi connectivity index (χ4n) is 5.04. The third-order valence-electron chi connectivity index (χ3n) is 6.88. The number of halogens is 2. The standard InChI is InChI=1S/C30H27F2N7O4/c1-30(2,3)43-25(40)7-6-23(27(34)41)38-15-18-8-16(4-5-19(18)29(38)42)14-39-28-21(13-36-39)20(10-24(32)37-28)26-22(31)9-17(11-33)12-35-26/h4-5,8-10,12-13,23H,6-7,14-15H2,1-3H3,(H2,34,41)/t23-/m0/s1. The van der Waals surface area contributed by atoms with Gasteiger partial charge in [0.05, 0.1) is 18.3 Å². The molecule has 220 valence electrons. The Kier molecular flexibility index (Phi) is 7.62. The van der Waals surface area contributed by atoms with Crippen LogP contribution in [-0.2, 0) is 27.4 Å². The normalized spacial score (nSPS) is 13.6. The maximum Gasteiger partial charge on any atom is 0.306 e. The first-order chi connectivity index (χ1) is 20.3. The lowest BCUT2D eigenvalue weighted by Gasteiger charge is -2.25. The van der Waals surface area contributed by atoms with Crippen LogP contribution in [0.5, 0.6) is 0 Å². The van der Waals surface area contributed by atoms with Gasteiger partial charge in [-0.15, -0.1) is 0 Å². The van der Waals surface area contributed by atoms with E-state index in [1.165, 1.54) is 22.0 Å². The SMILES string of the molecule is CC(C)(C)OC(=O)CC[C@@H](C(N)=O)N1Cc2cc(Cn3ncc4c(-c5ncc(C#N)cc5F)cc(F)nc43)ccc2C1=O. The minimum absolute atomic E-state index is 0.0182. The van der Waals surface area contributed by atoms with Crippen molar-refractivity contribution in [3.8, 4) is 17.3 Å². The van der Waals surface area contributed by atoms with Gasteiger partial charge in [-0.2, -0.15) is 19.7 Å². The van der Waals surface area contributed by atoms with Crippen LogP contribution in [0.2, 0.25) is 0 Å². The molecule has 0 radical (unpaired) electrons. The van der Waals surface area contributed by atoms with E-state index in [0.29, 0.717) is 22.1 Å². The average Bonchev–Trinajstić information content (AvgIpc) is 3.47. The molecule has 43 heavy (non-hydrogen) atoms. The Morgan fingerprint density at radius 1 is 1.16 bits per heavy atom. The number of esters is 1. The van der Waals surface area contributed by atoms with Crippen LogP contribution >= 0.6 is 0 Å². The first-order valence-electron chi connectivity index (χ1n) is 13.4. The van der Waals surface area contributed by atoms with Gasteiger partial charge in [0.15, 0.2) is 11.5 Å². The number of nitrogens with two attached hydrogens (primary N) is 1. The number of amides is 2. The zero-order valence-electron chi connectivity index (χ0n) is 23.6. The molecule has 0 saturated carbocycles. The maximum absolute atomic E-state index is 14.7. The third kappa shape index (κ3) is 6.04. The molecular weight excluding hydrogens is 560 g/mol. The Morgan fingerprint density at radius 3 is 2.60 bits per heavy atom. The molecule has 4 heterocycles. The van der Waals surface area contributed by atoms with Crippen molar-refractivity contribution in [2.24, 2.45) is 5.73 Å². The Balaban J connectivity index is 1.38. The molecule has 0 spiro atoms. The molecule has 0 saturated heterocycles. The molecule has 1 aliphatic rings. The van der Waals surface area contributed by atoms with Crippen molar-refractivity contribution >= 4 is 28.8 Å². The summed E-state index contributed by atoms with van der Waals surface area (Å²) in [6.07, 6.45) is 2.56. The number of pyridine rings is 2. The molecule has 5 rings (SSSR count). The van der Waals surface area contributed by atoms with Crippen LogP contribution in [0.15, 0.2) is 42.7 Å². The largest absolute Gasteiger partial charge is 0.460 e. The van der Waals surface area contributed by atoms with Gasteiger partial charge in [-0.3, -0.25) is 19.4 Å². The van der Waals surface area contributed by atoms with Crippen molar-refractivity contribution in [2.75, 3.05) is 0 Å². The van der Waals surface area contributed by atoms with E-state index in [1.807, 2.05) is 6.07 Å². The van der Waals surface area contributed by atoms with Crippen LogP contribution in [-0.4, -0.2) is 54.1 Å². The lowest BCUT2D eigenvalue weighted by Crippen LogP contribution is -2.45. The van der Waals surface area contributed by atoms with Crippen LogP contribution in [0.25, 0.3) is 22.3 Å². The lowest BCUT2D eigenvalue weighted by atomic mass is 10.1. The van der Waals surface area contributed by atoms with E-state index in [9.17, 15) is 23.2 Å². The van der Waals surface area contributed by atoms with Crippen molar-refractivity contribution in [2.45, 2.75) is 58.3 Å². The summed E-state index contributed by atoms with van der Waals surface area (Å²) in [6, 6.07) is 7.98. The summed E-state index contributed by atoms with van der Waals surface area (Å²) in [6.45, 7) is 5.45. The van der Waals surface area contributed by atoms with E-state index in [2.05, 4.69) is 15.1 Å². The van der Waals surface area contributed by atoms with Gasteiger partial charge >= 0.3 is 5.97 Å². The first kappa shape index (κ1) is 29.2. The molecule has 11 nitrogen and oxygen atoms in total. The summed E-state index contributed by atoms with van der Waals surface area (Å²) in [5, 5.41) is 13.7. The Hall–Kier alpha value is -5.25. The van der Waals surface area contributed by atoms with Crippen LogP contribution in [0, 0.1) is 23.1 Å². The summed E-state index contributed by atoms with van der Waals surface area (Å²) in [5.41, 5.74) is 6.84. The Bertz CT molecular complexity index is 1820. The van der Waals surface area contributed by atoms with Gasteiger partial charge in [0, 0.05) is 41.7 Å². The predicted octanol–water partition coefficient (Wildman–Crippen LogP) is 3.62. The van der Waals surface area contributed by atoms with E-state index in [1.54, 1.807) is 39.0 Å². The summed E-state index contributed by atoms with van der Waals surface area (Å²) in [4.78, 5) is 47.0. The molecule has 13 heteroatoms. The van der Waals surface area contributed by atoms with Crippen LogP contribution < -0.4 is 5.73 Å². The molecule has 3 aromatic heterocycles. The fourth-order valence-corrected chi connectivity index (χ4v) is 5.04. The zero-order chi connectivity index (χ0) is 31.1. The van der Waals surface area contributed by atoms with Crippen molar-refractivity contribution in [1.82, 2.24) is 24.6 Å². The minimum atomic E-state index is -1.01. The number of carbonyl (C=O) groups is 3. The lowest BCUT2D eigenvalue weighted by molar-refractivity contribution is -0.155. The molecular formula is C30H27F2N7O4. The third-order valence-corrected chi connectivity index (χ3v) is 6.88. The number of aromatic nitrogens is 4. The second kappa shape index (κ2) is 11.2. The maximum atomic E-state index is 14.7. The first-order valence-corrected chi connectivity index (χ1v) is 13.4. The Labute approximate surface area is 244 Å². The average molecular weight is 588 g/mol. The molecule has 0 aliphatic carbocycles. The molecule has 1 aliphatic heterocycles. The van der Waals surface area contributed by atoms with Crippen molar-refractivity contribution < 1.29 is 27.9 Å². The number of fused-ring (bicyclic) bond motifs is 2. The second-order valence-electron chi connectivity index (χ2n) is 11.2. The van der Waals surface area contributed by atoms with E-state index in [0.717, 1.165) is 12.1 Å². The van der Waals surface area contributed by atoms with Crippen molar-refractivity contribution in [1.29, 1.82) is 5.26 Å². The number of benzene rings is 1. The van der Waals surface area contributed by atoms with Gasteiger partial charge in [0.2, 0.25) is 11.9 Å². The number of hydrogen-bond donors (Lipinski definition) is 1. The highest BCUT2D eigenvalue weighted by atomic mass is 19.1. The molecule has 2 amide bonds. The van der Waals surface area contributed by atoms with Crippen LogP contribution in [0.1, 0.15) is 60.7 Å². The van der Waals surface area contributed by atoms with E-state index in [-0.39, 0.29) is 54.3 Å². The Morgan fingerprint density at radius 2 is 1.93 bits per heavy atom. The molecule has 0 bridgehead atoms. The van der Waals surface area contributed by atoms with E-state index >= 15 is 0 Å². The van der Waals surface area contributed by atoms with Gasteiger partial charge in [-0.1, -0.05) is 12.1 Å². The number of hydrogen-bond acceptors (Lipinski definition) is 8. The van der Waals surface area contributed by atoms with Gasteiger partial charge < -0.3 is 15.4 Å². The zero-order valence-corrected chi connectivity index (χ0v) is 23.6. The minimum Gasteiger partial charge on any atom is -0.460 e. The summed E-state index contributed by atoms with van der Waals surface area (Å²) in [7, 11) is 0. The molecule has 0 fully saturated rings. The highest BCUT2D eigenvalue weighted by Crippen LogP contribution is 2.31. The molecule has 0 unspecified atom stereocenters. The summed E-state index contributed by atoms with van der Waals surface area (Å²) < 4.78 is 36.1. The summed E-state index contributed by atoms with van der Waals surface area (Å²) >= 11 is 0.